The number of aromatic amines is 1. The van der Waals surface area contributed by atoms with Crippen LogP contribution in [0.2, 0.25) is 0 Å². The number of hydrogen-bond donors (Lipinski definition) is 1. The summed E-state index contributed by atoms with van der Waals surface area (Å²) in [5, 5.41) is 7.53. The van der Waals surface area contributed by atoms with E-state index in [0.717, 1.165) is 0 Å². The molecule has 3 aromatic rings. The average Bonchev–Trinajstić information content (AvgIpc) is 2.86. The average molecular weight is 245 g/mol. The first kappa shape index (κ1) is 10.1. The molecule has 0 aliphatic rings. The highest BCUT2D eigenvalue weighted by Crippen LogP contribution is 2.22. The SMILES string of the molecule is O=c1c(Sc2ncn[nH]2)coc2ccccc12. The predicted molar refractivity (Wildman–Crippen MR) is 63.0 cm³/mol. The van der Waals surface area contributed by atoms with E-state index in [1.807, 2.05) is 12.1 Å². The van der Waals surface area contributed by atoms with Gasteiger partial charge in [0.05, 0.1) is 10.3 Å². The molecule has 0 aliphatic heterocycles. The number of hydrogen-bond acceptors (Lipinski definition) is 5. The molecule has 1 N–H and O–H groups in total. The number of fused-ring (bicyclic) bond motifs is 1. The molecule has 17 heavy (non-hydrogen) atoms. The van der Waals surface area contributed by atoms with Gasteiger partial charge in [0.25, 0.3) is 0 Å². The van der Waals surface area contributed by atoms with Crippen molar-refractivity contribution in [2.24, 2.45) is 0 Å². The standard InChI is InChI=1S/C11H7N3O2S/c15-10-7-3-1-2-4-8(7)16-5-9(10)17-11-12-6-13-14-11/h1-6H,(H,12,13,14). The van der Waals surface area contributed by atoms with Crippen molar-refractivity contribution < 1.29 is 4.42 Å². The van der Waals surface area contributed by atoms with E-state index in [1.54, 1.807) is 12.1 Å². The summed E-state index contributed by atoms with van der Waals surface area (Å²) in [4.78, 5) is 16.5. The summed E-state index contributed by atoms with van der Waals surface area (Å²) in [7, 11) is 0. The molecular weight excluding hydrogens is 238 g/mol. The topological polar surface area (TPSA) is 71.8 Å². The van der Waals surface area contributed by atoms with Crippen LogP contribution in [0.1, 0.15) is 0 Å². The Morgan fingerprint density at radius 3 is 3.00 bits per heavy atom. The minimum Gasteiger partial charge on any atom is -0.463 e. The predicted octanol–water partition coefficient (Wildman–Crippen LogP) is 2.06. The van der Waals surface area contributed by atoms with E-state index in [0.29, 0.717) is 21.0 Å². The molecule has 84 valence electrons. The molecule has 5 nitrogen and oxygen atoms in total. The molecule has 0 spiro atoms. The van der Waals surface area contributed by atoms with E-state index in [1.165, 1.54) is 24.4 Å². The van der Waals surface area contributed by atoms with Crippen LogP contribution in [0.3, 0.4) is 0 Å². The van der Waals surface area contributed by atoms with Crippen LogP contribution < -0.4 is 5.43 Å². The lowest BCUT2D eigenvalue weighted by Crippen LogP contribution is -2.03. The maximum absolute atomic E-state index is 12.1. The Labute approximate surface area is 99.9 Å². The largest absolute Gasteiger partial charge is 0.463 e. The minimum absolute atomic E-state index is 0.0618. The van der Waals surface area contributed by atoms with Crippen molar-refractivity contribution >= 4 is 22.7 Å². The van der Waals surface area contributed by atoms with E-state index in [-0.39, 0.29) is 5.43 Å². The quantitative estimate of drug-likeness (QED) is 0.748. The molecule has 0 bridgehead atoms. The number of aromatic nitrogens is 3. The van der Waals surface area contributed by atoms with Gasteiger partial charge in [-0.3, -0.25) is 9.89 Å². The van der Waals surface area contributed by atoms with Crippen LogP contribution in [0.4, 0.5) is 0 Å². The third-order valence-corrected chi connectivity index (χ3v) is 3.14. The van der Waals surface area contributed by atoms with Gasteiger partial charge >= 0.3 is 0 Å². The Morgan fingerprint density at radius 2 is 2.18 bits per heavy atom. The van der Waals surface area contributed by atoms with Crippen LogP contribution in [0, 0.1) is 0 Å². The van der Waals surface area contributed by atoms with Crippen molar-refractivity contribution in [1.29, 1.82) is 0 Å². The van der Waals surface area contributed by atoms with Crippen LogP contribution in [-0.2, 0) is 0 Å². The second-order valence-corrected chi connectivity index (χ2v) is 4.35. The summed E-state index contributed by atoms with van der Waals surface area (Å²) in [5.74, 6) is 0. The van der Waals surface area contributed by atoms with Crippen LogP contribution in [0.25, 0.3) is 11.0 Å². The van der Waals surface area contributed by atoms with Gasteiger partial charge in [0, 0.05) is 0 Å². The lowest BCUT2D eigenvalue weighted by atomic mass is 10.2. The van der Waals surface area contributed by atoms with E-state index in [9.17, 15) is 4.79 Å². The molecule has 1 aromatic carbocycles. The molecular formula is C11H7N3O2S. The van der Waals surface area contributed by atoms with Crippen LogP contribution >= 0.6 is 11.8 Å². The fraction of sp³-hybridized carbons (Fsp3) is 0. The zero-order valence-corrected chi connectivity index (χ0v) is 9.40. The second-order valence-electron chi connectivity index (χ2n) is 3.32. The molecule has 2 heterocycles. The Balaban J connectivity index is 2.12. The Hall–Kier alpha value is -2.08. The van der Waals surface area contributed by atoms with Crippen molar-refractivity contribution in [2.45, 2.75) is 10.1 Å². The lowest BCUT2D eigenvalue weighted by Gasteiger charge is -1.99. The van der Waals surface area contributed by atoms with Gasteiger partial charge in [-0.2, -0.15) is 5.10 Å². The molecule has 6 heteroatoms. The molecule has 0 atom stereocenters. The summed E-state index contributed by atoms with van der Waals surface area (Å²) < 4.78 is 5.39. The van der Waals surface area contributed by atoms with Crippen LogP contribution in [0.15, 0.2) is 56.1 Å². The number of benzene rings is 1. The maximum atomic E-state index is 12.1. The molecule has 0 saturated carbocycles. The second kappa shape index (κ2) is 4.06. The first-order valence-electron chi connectivity index (χ1n) is 4.88. The monoisotopic (exact) mass is 245 g/mol. The number of H-pyrrole nitrogens is 1. The lowest BCUT2D eigenvalue weighted by molar-refractivity contribution is 0.587. The normalized spacial score (nSPS) is 10.8. The fourth-order valence-corrected chi connectivity index (χ4v) is 2.18. The molecule has 0 unspecified atom stereocenters. The zero-order chi connectivity index (χ0) is 11.7. The maximum Gasteiger partial charge on any atom is 0.206 e. The molecule has 0 saturated heterocycles. The van der Waals surface area contributed by atoms with Crippen molar-refractivity contribution in [3.63, 3.8) is 0 Å². The number of para-hydroxylation sites is 1. The van der Waals surface area contributed by atoms with Gasteiger partial charge in [-0.15, -0.1) is 0 Å². The smallest absolute Gasteiger partial charge is 0.206 e. The van der Waals surface area contributed by atoms with Gasteiger partial charge in [0.1, 0.15) is 18.2 Å². The van der Waals surface area contributed by atoms with E-state index in [4.69, 9.17) is 4.42 Å². The summed E-state index contributed by atoms with van der Waals surface area (Å²) in [6.45, 7) is 0. The minimum atomic E-state index is -0.0618. The molecule has 2 aromatic heterocycles. The van der Waals surface area contributed by atoms with Crippen molar-refractivity contribution in [3.05, 3.63) is 47.1 Å². The molecule has 0 fully saturated rings. The Bertz CT molecular complexity index is 706. The highest BCUT2D eigenvalue weighted by molar-refractivity contribution is 7.99. The fourth-order valence-electron chi connectivity index (χ4n) is 1.48. The van der Waals surface area contributed by atoms with Crippen molar-refractivity contribution in [2.75, 3.05) is 0 Å². The number of nitrogens with zero attached hydrogens (tertiary/aromatic N) is 2. The van der Waals surface area contributed by atoms with Crippen LogP contribution in [0.5, 0.6) is 0 Å². The van der Waals surface area contributed by atoms with Gasteiger partial charge in [-0.05, 0) is 23.9 Å². The highest BCUT2D eigenvalue weighted by Gasteiger charge is 2.09. The third-order valence-electron chi connectivity index (χ3n) is 2.25. The van der Waals surface area contributed by atoms with Crippen molar-refractivity contribution in [3.8, 4) is 0 Å². The van der Waals surface area contributed by atoms with Gasteiger partial charge in [-0.1, -0.05) is 12.1 Å². The molecule has 3 rings (SSSR count). The highest BCUT2D eigenvalue weighted by atomic mass is 32.2. The number of nitrogens with one attached hydrogen (secondary N) is 1. The zero-order valence-electron chi connectivity index (χ0n) is 8.58. The summed E-state index contributed by atoms with van der Waals surface area (Å²) >= 11 is 1.20. The molecule has 0 radical (unpaired) electrons. The van der Waals surface area contributed by atoms with Gasteiger partial charge < -0.3 is 4.42 Å². The summed E-state index contributed by atoms with van der Waals surface area (Å²) in [5.41, 5.74) is 0.521. The van der Waals surface area contributed by atoms with Gasteiger partial charge in [0.15, 0.2) is 5.16 Å². The summed E-state index contributed by atoms with van der Waals surface area (Å²) in [6, 6.07) is 7.14. The molecule has 0 amide bonds. The summed E-state index contributed by atoms with van der Waals surface area (Å²) in [6.07, 6.45) is 2.84. The first-order chi connectivity index (χ1) is 8.34. The number of rotatable bonds is 2. The Morgan fingerprint density at radius 1 is 1.29 bits per heavy atom. The van der Waals surface area contributed by atoms with Crippen molar-refractivity contribution in [1.82, 2.24) is 15.2 Å². The van der Waals surface area contributed by atoms with E-state index < -0.39 is 0 Å². The van der Waals surface area contributed by atoms with E-state index in [2.05, 4.69) is 15.2 Å². The van der Waals surface area contributed by atoms with Gasteiger partial charge in [-0.25, -0.2) is 4.98 Å². The van der Waals surface area contributed by atoms with Crippen LogP contribution in [-0.4, -0.2) is 15.2 Å². The molecule has 0 aliphatic carbocycles. The van der Waals surface area contributed by atoms with Gasteiger partial charge in [0.2, 0.25) is 5.43 Å². The third kappa shape index (κ3) is 1.83. The first-order valence-corrected chi connectivity index (χ1v) is 5.70. The Kier molecular flexibility index (Phi) is 2.41. The van der Waals surface area contributed by atoms with E-state index >= 15 is 0 Å².